The molecule has 2 aromatic carbocycles. The monoisotopic (exact) mass is 489 g/mol. The van der Waals surface area contributed by atoms with Crippen LogP contribution in [0.25, 0.3) is 0 Å². The number of hydrogen-bond donors (Lipinski definition) is 0. The number of allylic oxidation sites excluding steroid dienone is 1. The highest BCUT2D eigenvalue weighted by Crippen LogP contribution is 2.41. The number of carbonyl (C=O) groups is 2. The molecule has 1 saturated heterocycles. The molecule has 0 aromatic heterocycles. The third-order valence-corrected chi connectivity index (χ3v) is 12.6. The van der Waals surface area contributed by atoms with Gasteiger partial charge in [-0.25, -0.2) is 0 Å². The summed E-state index contributed by atoms with van der Waals surface area (Å²) in [7, 11) is -2.48. The van der Waals surface area contributed by atoms with E-state index in [0.29, 0.717) is 30.5 Å². The molecule has 0 spiro atoms. The van der Waals surface area contributed by atoms with E-state index in [-0.39, 0.29) is 17.4 Å². The Hall–Kier alpha value is -2.48. The maximum atomic E-state index is 13.0. The Balaban J connectivity index is 1.56. The fraction of sp³-hybridized carbons (Fsp3) is 0.429. The first kappa shape index (κ1) is 25.6. The zero-order chi connectivity index (χ0) is 25.6. The van der Waals surface area contributed by atoms with Crippen LogP contribution in [0.15, 0.2) is 66.6 Å². The third-order valence-electron chi connectivity index (χ3n) is 8.21. The van der Waals surface area contributed by atoms with E-state index >= 15 is 0 Å². The second-order valence-electron chi connectivity index (χ2n) is 11.3. The van der Waals surface area contributed by atoms with Crippen LogP contribution in [0.2, 0.25) is 18.6 Å². The third kappa shape index (κ3) is 4.69. The number of imide groups is 1. The average Bonchev–Trinajstić information content (AvgIpc) is 3.19. The minimum Gasteiger partial charge on any atom is -0.400 e. The quantitative estimate of drug-likeness (QED) is 0.376. The smallest absolute Gasteiger partial charge is 0.400 e. The van der Waals surface area contributed by atoms with E-state index in [2.05, 4.69) is 43.9 Å². The van der Waals surface area contributed by atoms with Gasteiger partial charge in [0.05, 0.1) is 30.4 Å². The topological polar surface area (TPSA) is 55.8 Å². The largest absolute Gasteiger partial charge is 0.489 e. The molecule has 2 aliphatic heterocycles. The summed E-state index contributed by atoms with van der Waals surface area (Å²) in [4.78, 5) is 27.4. The predicted octanol–water partition coefficient (Wildman–Crippen LogP) is 5.24. The van der Waals surface area contributed by atoms with Crippen molar-refractivity contribution in [1.29, 1.82) is 0 Å². The SMILES string of the molecule is C=C(C[C@H](CCN1C(=O)c2ccccc2C1=O)[Si](C)(C)c1ccccc1)B1OC(C)(C)C(C)(C)O1. The summed E-state index contributed by atoms with van der Waals surface area (Å²) in [6.07, 6.45) is 1.42. The molecule has 184 valence electrons. The highest BCUT2D eigenvalue weighted by Gasteiger charge is 2.52. The Labute approximate surface area is 210 Å². The molecule has 2 aliphatic rings. The van der Waals surface area contributed by atoms with Gasteiger partial charge in [0, 0.05) is 6.54 Å². The number of hydrogen-bond acceptors (Lipinski definition) is 4. The minimum absolute atomic E-state index is 0.201. The molecule has 0 unspecified atom stereocenters. The molecular formula is C28H36BNO4Si. The van der Waals surface area contributed by atoms with E-state index in [1.54, 1.807) is 24.3 Å². The second kappa shape index (κ2) is 9.19. The van der Waals surface area contributed by atoms with Gasteiger partial charge in [0.15, 0.2) is 0 Å². The van der Waals surface area contributed by atoms with Crippen molar-refractivity contribution in [3.05, 3.63) is 77.8 Å². The highest BCUT2D eigenvalue weighted by molar-refractivity contribution is 6.91. The van der Waals surface area contributed by atoms with Gasteiger partial charge < -0.3 is 9.31 Å². The first-order chi connectivity index (χ1) is 16.3. The van der Waals surface area contributed by atoms with Crippen molar-refractivity contribution >= 4 is 32.2 Å². The lowest BCUT2D eigenvalue weighted by atomic mass is 9.76. The fourth-order valence-corrected chi connectivity index (χ4v) is 8.12. The van der Waals surface area contributed by atoms with Crippen molar-refractivity contribution < 1.29 is 18.9 Å². The van der Waals surface area contributed by atoms with Gasteiger partial charge >= 0.3 is 7.12 Å². The number of carbonyl (C=O) groups excluding carboxylic acids is 2. The fourth-order valence-electron chi connectivity index (χ4n) is 4.97. The lowest BCUT2D eigenvalue weighted by Crippen LogP contribution is -2.47. The van der Waals surface area contributed by atoms with Gasteiger partial charge in [-0.2, -0.15) is 0 Å². The summed E-state index contributed by atoms with van der Waals surface area (Å²) in [6, 6.07) is 17.6. The minimum atomic E-state index is -2.01. The van der Waals surface area contributed by atoms with Gasteiger partial charge in [-0.3, -0.25) is 14.5 Å². The van der Waals surface area contributed by atoms with Crippen LogP contribution in [-0.4, -0.2) is 49.7 Å². The molecule has 7 heteroatoms. The molecule has 1 fully saturated rings. The summed E-state index contributed by atoms with van der Waals surface area (Å²) in [6.45, 7) is 17.7. The van der Waals surface area contributed by atoms with Crippen LogP contribution in [0.4, 0.5) is 0 Å². The van der Waals surface area contributed by atoms with Gasteiger partial charge in [0.1, 0.15) is 0 Å². The van der Waals surface area contributed by atoms with E-state index in [1.807, 2.05) is 33.8 Å². The first-order valence-corrected chi connectivity index (χ1v) is 15.5. The van der Waals surface area contributed by atoms with Crippen LogP contribution in [0.1, 0.15) is 61.3 Å². The van der Waals surface area contributed by atoms with E-state index in [4.69, 9.17) is 9.31 Å². The van der Waals surface area contributed by atoms with Crippen molar-refractivity contribution in [2.24, 2.45) is 0 Å². The molecule has 0 bridgehead atoms. The second-order valence-corrected chi connectivity index (χ2v) is 16.2. The predicted molar refractivity (Wildman–Crippen MR) is 144 cm³/mol. The van der Waals surface area contributed by atoms with Crippen molar-refractivity contribution in [3.63, 3.8) is 0 Å². The van der Waals surface area contributed by atoms with E-state index in [9.17, 15) is 9.59 Å². The van der Waals surface area contributed by atoms with Crippen molar-refractivity contribution in [2.45, 2.75) is 70.4 Å². The molecule has 1 atom stereocenters. The zero-order valence-corrected chi connectivity index (χ0v) is 22.8. The number of amides is 2. The molecule has 0 radical (unpaired) electrons. The summed E-state index contributed by atoms with van der Waals surface area (Å²) in [5.74, 6) is -0.401. The Morgan fingerprint density at radius 2 is 1.40 bits per heavy atom. The van der Waals surface area contributed by atoms with Crippen molar-refractivity contribution in [2.75, 3.05) is 6.54 Å². The van der Waals surface area contributed by atoms with Gasteiger partial charge in [0.25, 0.3) is 11.8 Å². The Morgan fingerprint density at radius 3 is 1.91 bits per heavy atom. The summed E-state index contributed by atoms with van der Waals surface area (Å²) in [5, 5.41) is 1.34. The van der Waals surface area contributed by atoms with Crippen LogP contribution in [-0.2, 0) is 9.31 Å². The molecular weight excluding hydrogens is 453 g/mol. The molecule has 2 aromatic rings. The van der Waals surface area contributed by atoms with Crippen LogP contribution in [0.5, 0.6) is 0 Å². The summed E-state index contributed by atoms with van der Waals surface area (Å²) >= 11 is 0. The number of rotatable bonds is 8. The zero-order valence-electron chi connectivity index (χ0n) is 21.8. The molecule has 35 heavy (non-hydrogen) atoms. The highest BCUT2D eigenvalue weighted by atomic mass is 28.3. The summed E-state index contributed by atoms with van der Waals surface area (Å²) < 4.78 is 12.5. The number of nitrogens with zero attached hydrogens (tertiary/aromatic N) is 1. The van der Waals surface area contributed by atoms with Gasteiger partial charge in [-0.15, -0.1) is 6.58 Å². The van der Waals surface area contributed by atoms with Gasteiger partial charge in [-0.1, -0.05) is 60.7 Å². The molecule has 5 nitrogen and oxygen atoms in total. The molecule has 0 aliphatic carbocycles. The normalized spacial score (nSPS) is 19.7. The van der Waals surface area contributed by atoms with Gasteiger partial charge in [0.2, 0.25) is 0 Å². The average molecular weight is 489 g/mol. The van der Waals surface area contributed by atoms with Crippen LogP contribution < -0.4 is 5.19 Å². The standard InChI is InChI=1S/C28H36BNO4Si/c1-20(29-33-27(2,3)28(4,5)34-29)19-22(35(6,7)21-13-9-8-10-14-21)17-18-30-25(31)23-15-11-12-16-24(23)26(30)32/h8-16,22H,1,17-19H2,2-7H3/t22-/m0/s1. The van der Waals surface area contributed by atoms with Crippen LogP contribution in [0, 0.1) is 0 Å². The van der Waals surface area contributed by atoms with Crippen LogP contribution in [0.3, 0.4) is 0 Å². The van der Waals surface area contributed by atoms with Crippen molar-refractivity contribution in [3.8, 4) is 0 Å². The van der Waals surface area contributed by atoms with E-state index in [0.717, 1.165) is 5.47 Å². The number of benzene rings is 2. The maximum absolute atomic E-state index is 13.0. The Morgan fingerprint density at radius 1 is 0.914 bits per heavy atom. The maximum Gasteiger partial charge on any atom is 0.489 e. The van der Waals surface area contributed by atoms with E-state index < -0.39 is 26.4 Å². The molecule has 2 amide bonds. The Kier molecular flexibility index (Phi) is 6.73. The lowest BCUT2D eigenvalue weighted by molar-refractivity contribution is 0.00578. The van der Waals surface area contributed by atoms with Crippen molar-refractivity contribution in [1.82, 2.24) is 4.90 Å². The number of fused-ring (bicyclic) bond motifs is 1. The van der Waals surface area contributed by atoms with Crippen LogP contribution >= 0.6 is 0 Å². The summed E-state index contributed by atoms with van der Waals surface area (Å²) in [5.41, 5.74) is 1.28. The Bertz CT molecular complexity index is 1090. The lowest BCUT2D eigenvalue weighted by Gasteiger charge is -2.35. The first-order valence-electron chi connectivity index (χ1n) is 12.4. The molecule has 0 N–H and O–H groups in total. The molecule has 4 rings (SSSR count). The molecule has 2 heterocycles. The molecule has 0 saturated carbocycles. The van der Waals surface area contributed by atoms with Gasteiger partial charge in [-0.05, 0) is 63.7 Å². The van der Waals surface area contributed by atoms with E-state index in [1.165, 1.54) is 10.1 Å².